The van der Waals surface area contributed by atoms with E-state index in [0.29, 0.717) is 35.5 Å². The lowest BCUT2D eigenvalue weighted by Gasteiger charge is -2.04. The smallest absolute Gasteiger partial charge is 0.258 e. The number of para-hydroxylation sites is 2. The van der Waals surface area contributed by atoms with Gasteiger partial charge in [-0.2, -0.15) is 5.10 Å². The lowest BCUT2D eigenvalue weighted by Crippen LogP contribution is -2.13. The van der Waals surface area contributed by atoms with Gasteiger partial charge < -0.3 is 15.0 Å². The zero-order chi connectivity index (χ0) is 19.5. The van der Waals surface area contributed by atoms with E-state index in [9.17, 15) is 4.79 Å². The van der Waals surface area contributed by atoms with Gasteiger partial charge in [0.25, 0.3) is 5.91 Å². The molecular formula is C19H17ClN6O2. The number of H-pyrrole nitrogens is 1. The third kappa shape index (κ3) is 3.73. The first-order valence-electron chi connectivity index (χ1n) is 8.59. The Morgan fingerprint density at radius 3 is 2.89 bits per heavy atom. The van der Waals surface area contributed by atoms with Crippen molar-refractivity contribution in [2.24, 2.45) is 0 Å². The number of nitrogens with zero attached hydrogens (tertiary/aromatic N) is 4. The highest BCUT2D eigenvalue weighted by molar-refractivity contribution is 6.29. The molecule has 142 valence electrons. The number of carbonyl (C=O) groups excluding carboxylic acids is 1. The molecule has 0 radical (unpaired) electrons. The summed E-state index contributed by atoms with van der Waals surface area (Å²) in [5.41, 5.74) is 2.92. The topological polar surface area (TPSA) is 97.7 Å². The molecule has 0 fully saturated rings. The van der Waals surface area contributed by atoms with Crippen LogP contribution in [0.15, 0.2) is 48.7 Å². The Hall–Kier alpha value is -3.23. The first kappa shape index (κ1) is 18.1. The summed E-state index contributed by atoms with van der Waals surface area (Å²) in [5.74, 6) is 0.752. The number of carbonyl (C=O) groups is 1. The van der Waals surface area contributed by atoms with Crippen LogP contribution >= 0.6 is 11.6 Å². The van der Waals surface area contributed by atoms with Crippen molar-refractivity contribution >= 4 is 34.4 Å². The Morgan fingerprint density at radius 1 is 1.29 bits per heavy atom. The number of ether oxygens (including phenoxy) is 1. The molecule has 3 aromatic heterocycles. The second-order valence-electron chi connectivity index (χ2n) is 6.06. The van der Waals surface area contributed by atoms with Crippen molar-refractivity contribution in [2.75, 3.05) is 19.0 Å². The van der Waals surface area contributed by atoms with Crippen LogP contribution in [0.1, 0.15) is 10.4 Å². The average Bonchev–Trinajstić information content (AvgIpc) is 3.30. The van der Waals surface area contributed by atoms with Crippen molar-refractivity contribution in [1.29, 1.82) is 0 Å². The van der Waals surface area contributed by atoms with Crippen LogP contribution in [-0.2, 0) is 11.3 Å². The molecule has 28 heavy (non-hydrogen) atoms. The summed E-state index contributed by atoms with van der Waals surface area (Å²) in [4.78, 5) is 24.3. The van der Waals surface area contributed by atoms with Gasteiger partial charge in [0.2, 0.25) is 0 Å². The van der Waals surface area contributed by atoms with Gasteiger partial charge in [0, 0.05) is 19.4 Å². The Balaban J connectivity index is 1.65. The van der Waals surface area contributed by atoms with Gasteiger partial charge in [-0.1, -0.05) is 23.7 Å². The molecule has 1 aromatic carbocycles. The van der Waals surface area contributed by atoms with Crippen LogP contribution in [0, 0.1) is 0 Å². The van der Waals surface area contributed by atoms with Crippen LogP contribution in [0.5, 0.6) is 0 Å². The van der Waals surface area contributed by atoms with Crippen molar-refractivity contribution in [3.05, 3.63) is 59.4 Å². The van der Waals surface area contributed by atoms with Crippen molar-refractivity contribution < 1.29 is 9.53 Å². The van der Waals surface area contributed by atoms with Crippen molar-refractivity contribution in [3.63, 3.8) is 0 Å². The van der Waals surface area contributed by atoms with Gasteiger partial charge in [0.15, 0.2) is 11.6 Å². The lowest BCUT2D eigenvalue weighted by atomic mass is 10.2. The fourth-order valence-electron chi connectivity index (χ4n) is 2.79. The third-order valence-electron chi connectivity index (χ3n) is 4.15. The van der Waals surface area contributed by atoms with Crippen LogP contribution in [0.25, 0.3) is 22.6 Å². The predicted octanol–water partition coefficient (Wildman–Crippen LogP) is 3.37. The van der Waals surface area contributed by atoms with E-state index in [1.165, 1.54) is 6.20 Å². The highest BCUT2D eigenvalue weighted by Crippen LogP contribution is 2.23. The number of pyridine rings is 1. The highest BCUT2D eigenvalue weighted by Gasteiger charge is 2.16. The van der Waals surface area contributed by atoms with Gasteiger partial charge in [-0.05, 0) is 24.3 Å². The molecule has 9 heteroatoms. The summed E-state index contributed by atoms with van der Waals surface area (Å²) >= 11 is 5.77. The maximum atomic E-state index is 12.4. The van der Waals surface area contributed by atoms with E-state index in [1.54, 1.807) is 30.0 Å². The third-order valence-corrected chi connectivity index (χ3v) is 4.37. The minimum Gasteiger partial charge on any atom is -0.383 e. The van der Waals surface area contributed by atoms with Crippen LogP contribution < -0.4 is 5.32 Å². The molecule has 1 amide bonds. The number of imidazole rings is 1. The van der Waals surface area contributed by atoms with Crippen LogP contribution in [-0.4, -0.2) is 44.4 Å². The van der Waals surface area contributed by atoms with E-state index in [-0.39, 0.29) is 5.91 Å². The molecule has 0 unspecified atom stereocenters. The number of halogens is 1. The number of benzene rings is 1. The van der Waals surface area contributed by atoms with E-state index < -0.39 is 0 Å². The van der Waals surface area contributed by atoms with Crippen LogP contribution in [0.3, 0.4) is 0 Å². The molecule has 3 heterocycles. The quantitative estimate of drug-likeness (QED) is 0.487. The number of aromatic amines is 1. The van der Waals surface area contributed by atoms with Gasteiger partial charge in [-0.15, -0.1) is 0 Å². The number of fused-ring (bicyclic) bond motifs is 1. The maximum Gasteiger partial charge on any atom is 0.258 e. The molecule has 0 atom stereocenters. The van der Waals surface area contributed by atoms with Gasteiger partial charge in [-0.25, -0.2) is 9.97 Å². The zero-order valence-corrected chi connectivity index (χ0v) is 15.8. The normalized spacial score (nSPS) is 11.1. The first-order valence-corrected chi connectivity index (χ1v) is 8.96. The van der Waals surface area contributed by atoms with Crippen molar-refractivity contribution in [1.82, 2.24) is 24.7 Å². The molecule has 0 spiro atoms. The monoisotopic (exact) mass is 396 g/mol. The van der Waals surface area contributed by atoms with Crippen LogP contribution in [0.4, 0.5) is 5.82 Å². The number of hydrogen-bond donors (Lipinski definition) is 2. The Labute approximate surface area is 165 Å². The van der Waals surface area contributed by atoms with Crippen molar-refractivity contribution in [2.45, 2.75) is 6.54 Å². The van der Waals surface area contributed by atoms with E-state index in [1.807, 2.05) is 24.3 Å². The predicted molar refractivity (Wildman–Crippen MR) is 106 cm³/mol. The molecule has 0 aliphatic heterocycles. The van der Waals surface area contributed by atoms with Gasteiger partial charge >= 0.3 is 0 Å². The molecule has 0 bridgehead atoms. The Morgan fingerprint density at radius 2 is 2.14 bits per heavy atom. The highest BCUT2D eigenvalue weighted by atomic mass is 35.5. The largest absolute Gasteiger partial charge is 0.383 e. The second kappa shape index (κ2) is 7.79. The molecule has 2 N–H and O–H groups in total. The summed E-state index contributed by atoms with van der Waals surface area (Å²) in [7, 11) is 1.63. The number of aromatic nitrogens is 5. The van der Waals surface area contributed by atoms with Gasteiger partial charge in [0.1, 0.15) is 10.8 Å². The van der Waals surface area contributed by atoms with E-state index >= 15 is 0 Å². The minimum atomic E-state index is -0.322. The molecular weight excluding hydrogens is 380 g/mol. The Kier molecular flexibility index (Phi) is 5.05. The number of amides is 1. The van der Waals surface area contributed by atoms with Crippen molar-refractivity contribution in [3.8, 4) is 11.5 Å². The summed E-state index contributed by atoms with van der Waals surface area (Å²) in [5, 5.41) is 7.58. The lowest BCUT2D eigenvalue weighted by molar-refractivity contribution is 0.102. The molecule has 0 aliphatic carbocycles. The summed E-state index contributed by atoms with van der Waals surface area (Å²) < 4.78 is 6.91. The first-order chi connectivity index (χ1) is 13.6. The van der Waals surface area contributed by atoms with Gasteiger partial charge in [0.05, 0.1) is 29.7 Å². The molecule has 4 rings (SSSR count). The SMILES string of the molecule is COCCn1nc(NC(=O)c2ccc(Cl)nc2)cc1-c1nc2ccccc2[nH]1. The fourth-order valence-corrected chi connectivity index (χ4v) is 2.90. The number of anilines is 1. The summed E-state index contributed by atoms with van der Waals surface area (Å²) in [6, 6.07) is 12.7. The van der Waals surface area contributed by atoms with Crippen LogP contribution in [0.2, 0.25) is 5.15 Å². The molecule has 0 aliphatic rings. The van der Waals surface area contributed by atoms with E-state index in [2.05, 4.69) is 25.4 Å². The zero-order valence-electron chi connectivity index (χ0n) is 15.0. The number of nitrogens with one attached hydrogen (secondary N) is 2. The number of hydrogen-bond acceptors (Lipinski definition) is 5. The number of methoxy groups -OCH3 is 1. The summed E-state index contributed by atoms with van der Waals surface area (Å²) in [6.07, 6.45) is 1.42. The second-order valence-corrected chi connectivity index (χ2v) is 6.44. The fraction of sp³-hybridized carbons (Fsp3) is 0.158. The maximum absolute atomic E-state index is 12.4. The standard InChI is InChI=1S/C19H17ClN6O2/c1-28-9-8-26-15(18-22-13-4-2-3-5-14(13)23-18)10-17(25-26)24-19(27)12-6-7-16(20)21-11-12/h2-7,10-11H,8-9H2,1H3,(H,22,23)(H,24,25,27). The summed E-state index contributed by atoms with van der Waals surface area (Å²) in [6.45, 7) is 0.991. The number of rotatable bonds is 6. The molecule has 0 saturated heterocycles. The van der Waals surface area contributed by atoms with E-state index in [4.69, 9.17) is 16.3 Å². The molecule has 4 aromatic rings. The Bertz CT molecular complexity index is 1090. The van der Waals surface area contributed by atoms with Gasteiger partial charge in [-0.3, -0.25) is 9.48 Å². The average molecular weight is 397 g/mol. The van der Waals surface area contributed by atoms with E-state index in [0.717, 1.165) is 16.7 Å². The molecule has 0 saturated carbocycles. The molecule has 8 nitrogen and oxygen atoms in total. The minimum absolute atomic E-state index is 0.322.